The van der Waals surface area contributed by atoms with Crippen molar-refractivity contribution in [2.45, 2.75) is 52.0 Å². The summed E-state index contributed by atoms with van der Waals surface area (Å²) < 4.78 is 10.0. The Morgan fingerprint density at radius 3 is 2.25 bits per heavy atom. The van der Waals surface area contributed by atoms with Gasteiger partial charge in [-0.15, -0.1) is 0 Å². The number of rotatable bonds is 13. The molecule has 0 saturated carbocycles. The molecule has 0 heterocycles. The van der Waals surface area contributed by atoms with Crippen molar-refractivity contribution in [3.8, 4) is 0 Å². The first-order valence-electron chi connectivity index (χ1n) is 8.40. The second-order valence-corrected chi connectivity index (χ2v) is 6.25. The van der Waals surface area contributed by atoms with E-state index in [4.69, 9.17) is 9.47 Å². The van der Waals surface area contributed by atoms with Crippen LogP contribution >= 0.6 is 11.8 Å². The second kappa shape index (κ2) is 15.1. The Bertz CT molecular complexity index is 379. The SMILES string of the molecule is CCCCOC(=O)NCC(=O)NC(CCSC)C(=O)OCCCC. The number of hydrogen-bond donors (Lipinski definition) is 2. The molecule has 0 aromatic carbocycles. The van der Waals surface area contributed by atoms with Crippen LogP contribution in [0.2, 0.25) is 0 Å². The van der Waals surface area contributed by atoms with E-state index in [-0.39, 0.29) is 6.54 Å². The van der Waals surface area contributed by atoms with Crippen molar-refractivity contribution in [1.82, 2.24) is 10.6 Å². The zero-order chi connectivity index (χ0) is 18.2. The second-order valence-electron chi connectivity index (χ2n) is 5.27. The van der Waals surface area contributed by atoms with Crippen molar-refractivity contribution < 1.29 is 23.9 Å². The highest BCUT2D eigenvalue weighted by Gasteiger charge is 2.22. The van der Waals surface area contributed by atoms with Gasteiger partial charge in [0.25, 0.3) is 0 Å². The molecule has 0 aliphatic carbocycles. The molecule has 24 heavy (non-hydrogen) atoms. The van der Waals surface area contributed by atoms with Crippen LogP contribution in [0.1, 0.15) is 46.0 Å². The number of carbonyl (C=O) groups excluding carboxylic acids is 3. The number of amides is 2. The number of esters is 1. The molecular formula is C16H30N2O5S. The highest BCUT2D eigenvalue weighted by Crippen LogP contribution is 2.03. The van der Waals surface area contributed by atoms with Crippen LogP contribution in [0.15, 0.2) is 0 Å². The van der Waals surface area contributed by atoms with Crippen molar-refractivity contribution >= 4 is 29.7 Å². The number of thioether (sulfide) groups is 1. The summed E-state index contributed by atoms with van der Waals surface area (Å²) in [6.45, 7) is 4.44. The molecule has 0 radical (unpaired) electrons. The minimum atomic E-state index is -0.695. The van der Waals surface area contributed by atoms with Gasteiger partial charge in [0.1, 0.15) is 12.6 Å². The van der Waals surface area contributed by atoms with E-state index in [2.05, 4.69) is 10.6 Å². The topological polar surface area (TPSA) is 93.7 Å². The third kappa shape index (κ3) is 12.0. The van der Waals surface area contributed by atoms with Crippen LogP contribution in [0.5, 0.6) is 0 Å². The van der Waals surface area contributed by atoms with Gasteiger partial charge >= 0.3 is 12.1 Å². The lowest BCUT2D eigenvalue weighted by atomic mass is 10.2. The summed E-state index contributed by atoms with van der Waals surface area (Å²) in [4.78, 5) is 35.3. The molecule has 2 amide bonds. The number of nitrogens with one attached hydrogen (secondary N) is 2. The first-order chi connectivity index (χ1) is 11.5. The monoisotopic (exact) mass is 362 g/mol. The van der Waals surface area contributed by atoms with Gasteiger partial charge in [0.05, 0.1) is 13.2 Å². The molecule has 0 aliphatic rings. The Kier molecular flexibility index (Phi) is 14.2. The molecule has 1 atom stereocenters. The molecule has 8 heteroatoms. The predicted octanol–water partition coefficient (Wildman–Crippen LogP) is 2.09. The third-order valence-corrected chi connectivity index (χ3v) is 3.74. The van der Waals surface area contributed by atoms with E-state index in [1.165, 1.54) is 0 Å². The average Bonchev–Trinajstić information content (AvgIpc) is 2.57. The van der Waals surface area contributed by atoms with E-state index >= 15 is 0 Å². The molecule has 0 fully saturated rings. The van der Waals surface area contributed by atoms with Gasteiger partial charge in [-0.1, -0.05) is 26.7 Å². The van der Waals surface area contributed by atoms with Gasteiger partial charge in [0.2, 0.25) is 5.91 Å². The highest BCUT2D eigenvalue weighted by atomic mass is 32.2. The van der Waals surface area contributed by atoms with Gasteiger partial charge in [-0.05, 0) is 31.3 Å². The van der Waals surface area contributed by atoms with Crippen LogP contribution in [-0.2, 0) is 19.1 Å². The molecule has 0 aliphatic heterocycles. The summed E-state index contributed by atoms with van der Waals surface area (Å²) in [7, 11) is 0. The fourth-order valence-electron chi connectivity index (χ4n) is 1.66. The van der Waals surface area contributed by atoms with E-state index < -0.39 is 24.0 Å². The maximum atomic E-state index is 12.0. The molecule has 1 unspecified atom stereocenters. The zero-order valence-corrected chi connectivity index (χ0v) is 15.7. The predicted molar refractivity (Wildman–Crippen MR) is 95.1 cm³/mol. The smallest absolute Gasteiger partial charge is 0.407 e. The van der Waals surface area contributed by atoms with Gasteiger partial charge in [-0.25, -0.2) is 9.59 Å². The number of alkyl carbamates (subject to hydrolysis) is 1. The summed E-state index contributed by atoms with van der Waals surface area (Å²) >= 11 is 1.58. The first kappa shape index (κ1) is 22.6. The lowest BCUT2D eigenvalue weighted by molar-refractivity contribution is -0.148. The molecule has 140 valence electrons. The first-order valence-corrected chi connectivity index (χ1v) is 9.80. The molecular weight excluding hydrogens is 332 g/mol. The standard InChI is InChI=1S/C16H30N2O5S/c1-4-6-9-22-15(20)13(8-11-24-3)18-14(19)12-17-16(21)23-10-7-5-2/h13H,4-12H2,1-3H3,(H,17,21)(H,18,19). The van der Waals surface area contributed by atoms with Gasteiger partial charge < -0.3 is 20.1 Å². The molecule has 0 spiro atoms. The van der Waals surface area contributed by atoms with Crippen LogP contribution in [0, 0.1) is 0 Å². The number of unbranched alkanes of at least 4 members (excludes halogenated alkanes) is 2. The van der Waals surface area contributed by atoms with Gasteiger partial charge in [0.15, 0.2) is 0 Å². The summed E-state index contributed by atoms with van der Waals surface area (Å²) in [5, 5.41) is 4.97. The Hall–Kier alpha value is -1.44. The molecule has 0 aromatic rings. The fraction of sp³-hybridized carbons (Fsp3) is 0.812. The van der Waals surface area contributed by atoms with Gasteiger partial charge in [0, 0.05) is 0 Å². The summed E-state index contributed by atoms with van der Waals surface area (Å²) in [6, 6.07) is -0.695. The maximum Gasteiger partial charge on any atom is 0.407 e. The average molecular weight is 362 g/mol. The van der Waals surface area contributed by atoms with Crippen LogP contribution in [0.3, 0.4) is 0 Å². The van der Waals surface area contributed by atoms with Crippen LogP contribution in [-0.4, -0.2) is 55.8 Å². The van der Waals surface area contributed by atoms with Crippen LogP contribution in [0.25, 0.3) is 0 Å². The van der Waals surface area contributed by atoms with E-state index in [9.17, 15) is 14.4 Å². The lowest BCUT2D eigenvalue weighted by Gasteiger charge is -2.17. The minimum absolute atomic E-state index is 0.233. The van der Waals surface area contributed by atoms with Crippen molar-refractivity contribution in [1.29, 1.82) is 0 Å². The van der Waals surface area contributed by atoms with Crippen molar-refractivity contribution in [3.05, 3.63) is 0 Å². The molecule has 2 N–H and O–H groups in total. The zero-order valence-electron chi connectivity index (χ0n) is 14.9. The summed E-state index contributed by atoms with van der Waals surface area (Å²) in [6.07, 6.45) is 5.20. The van der Waals surface area contributed by atoms with Gasteiger partial charge in [-0.2, -0.15) is 11.8 Å². The van der Waals surface area contributed by atoms with Crippen molar-refractivity contribution in [2.24, 2.45) is 0 Å². The number of carbonyl (C=O) groups is 3. The number of ether oxygens (including phenoxy) is 2. The Morgan fingerprint density at radius 2 is 1.67 bits per heavy atom. The van der Waals surface area contributed by atoms with E-state index in [1.807, 2.05) is 20.1 Å². The molecule has 7 nitrogen and oxygen atoms in total. The maximum absolute atomic E-state index is 12.0. The van der Waals surface area contributed by atoms with Gasteiger partial charge in [-0.3, -0.25) is 4.79 Å². The van der Waals surface area contributed by atoms with E-state index in [0.29, 0.717) is 19.6 Å². The molecule has 0 saturated heterocycles. The van der Waals surface area contributed by atoms with Crippen LogP contribution in [0.4, 0.5) is 4.79 Å². The number of hydrogen-bond acceptors (Lipinski definition) is 6. The van der Waals surface area contributed by atoms with Crippen LogP contribution < -0.4 is 10.6 Å². The lowest BCUT2D eigenvalue weighted by Crippen LogP contribution is -2.46. The Morgan fingerprint density at radius 1 is 1.04 bits per heavy atom. The molecule has 0 bridgehead atoms. The third-order valence-electron chi connectivity index (χ3n) is 3.10. The molecule has 0 rings (SSSR count). The largest absolute Gasteiger partial charge is 0.464 e. The van der Waals surface area contributed by atoms with Crippen molar-refractivity contribution in [2.75, 3.05) is 31.8 Å². The molecule has 0 aromatic heterocycles. The normalized spacial score (nSPS) is 11.5. The quantitative estimate of drug-likeness (QED) is 0.385. The van der Waals surface area contributed by atoms with E-state index in [0.717, 1.165) is 31.4 Å². The summed E-state index contributed by atoms with van der Waals surface area (Å²) in [5.41, 5.74) is 0. The summed E-state index contributed by atoms with van der Waals surface area (Å²) in [5.74, 6) is -0.155. The Balaban J connectivity index is 4.22. The van der Waals surface area contributed by atoms with Crippen molar-refractivity contribution in [3.63, 3.8) is 0 Å². The minimum Gasteiger partial charge on any atom is -0.464 e. The Labute approximate surface area is 148 Å². The van der Waals surface area contributed by atoms with E-state index in [1.54, 1.807) is 11.8 Å². The highest BCUT2D eigenvalue weighted by molar-refractivity contribution is 7.98. The fourth-order valence-corrected chi connectivity index (χ4v) is 2.13.